The summed E-state index contributed by atoms with van der Waals surface area (Å²) in [6.45, 7) is 2.75. The summed E-state index contributed by atoms with van der Waals surface area (Å²) < 4.78 is 53.8. The van der Waals surface area contributed by atoms with Crippen molar-refractivity contribution in [1.82, 2.24) is 4.98 Å². The van der Waals surface area contributed by atoms with Crippen LogP contribution in [-0.2, 0) is 32.2 Å². The van der Waals surface area contributed by atoms with Gasteiger partial charge in [0.15, 0.2) is 5.13 Å². The summed E-state index contributed by atoms with van der Waals surface area (Å²) >= 11 is 17.1. The Morgan fingerprint density at radius 3 is 2.26 bits per heavy atom. The second-order valence-electron chi connectivity index (χ2n) is 9.17. The van der Waals surface area contributed by atoms with Gasteiger partial charge in [-0.15, -0.1) is 11.3 Å². The molecule has 0 atom stereocenters. The first-order chi connectivity index (χ1) is 20.4. The number of aromatic nitrogens is 1. The number of carbonyl (C=O) groups is 1. The van der Waals surface area contributed by atoms with E-state index in [4.69, 9.17) is 42.3 Å². The molecule has 1 aromatic heterocycles. The zero-order chi connectivity index (χ0) is 31.4. The largest absolute Gasteiger partial charge is 0.478 e. The van der Waals surface area contributed by atoms with E-state index >= 15 is 8.78 Å². The van der Waals surface area contributed by atoms with Crippen molar-refractivity contribution < 1.29 is 32.3 Å². The van der Waals surface area contributed by atoms with E-state index in [1.165, 1.54) is 43.4 Å². The molecule has 0 amide bonds. The minimum atomic E-state index is -4.79. The van der Waals surface area contributed by atoms with Gasteiger partial charge in [-0.25, -0.2) is 9.78 Å². The van der Waals surface area contributed by atoms with Gasteiger partial charge in [-0.2, -0.15) is 8.78 Å². The highest BCUT2D eigenvalue weighted by Crippen LogP contribution is 2.67. The van der Waals surface area contributed by atoms with Crippen molar-refractivity contribution >= 4 is 74.9 Å². The van der Waals surface area contributed by atoms with Gasteiger partial charge in [-0.3, -0.25) is 4.57 Å². The first-order valence-corrected chi connectivity index (χ1v) is 16.9. The summed E-state index contributed by atoms with van der Waals surface area (Å²) in [5.41, 5.74) is -1.26. The number of benzene rings is 3. The van der Waals surface area contributed by atoms with Crippen LogP contribution >= 0.6 is 58.1 Å². The summed E-state index contributed by atoms with van der Waals surface area (Å²) in [5.74, 6) is -0.999. The number of alkyl halides is 2. The molecule has 0 fully saturated rings. The average Bonchev–Trinajstić information content (AvgIpc) is 3.41. The predicted molar refractivity (Wildman–Crippen MR) is 170 cm³/mol. The lowest BCUT2D eigenvalue weighted by atomic mass is 10.1. The highest BCUT2D eigenvalue weighted by Gasteiger charge is 2.55. The van der Waals surface area contributed by atoms with Gasteiger partial charge < -0.3 is 19.1 Å². The molecule has 0 spiro atoms. The summed E-state index contributed by atoms with van der Waals surface area (Å²) in [4.78, 5) is 17.8. The third-order valence-corrected chi connectivity index (χ3v) is 10.6. The van der Waals surface area contributed by atoms with Gasteiger partial charge in [0.1, 0.15) is 0 Å². The Morgan fingerprint density at radius 2 is 1.67 bits per heavy atom. The molecule has 0 aliphatic heterocycles. The van der Waals surface area contributed by atoms with Crippen molar-refractivity contribution in [3.63, 3.8) is 0 Å². The molecule has 0 radical (unpaired) electrons. The minimum Gasteiger partial charge on any atom is -0.478 e. The molecule has 0 saturated carbocycles. The number of thiazole rings is 1. The standard InChI is InChI=1S/C29H26BrCl2F2N2O5PS/c1-3-40-42(39,41-4-2)29(33,34)23-11-7-19(14-24(23)30)16-36(22-10-12-25(31)26(32)15-22)28-35-21(17-43-28)13-18-5-8-20(9-6-18)27(37)38/h5-12,14-15,17H,3-4,13,16H2,1-2H3,(H,37,38). The topological polar surface area (TPSA) is 89.0 Å². The van der Waals surface area contributed by atoms with Crippen LogP contribution in [0.25, 0.3) is 0 Å². The SMILES string of the molecule is CCOP(=O)(OCC)C(F)(F)c1ccc(CN(c2ccc(Cl)c(Cl)c2)c2nc(Cc3ccc(C(=O)O)cc3)cs2)cc1Br. The molecular weight excluding hydrogens is 708 g/mol. The summed E-state index contributed by atoms with van der Waals surface area (Å²) in [6.07, 6.45) is 0.473. The molecule has 0 unspecified atom stereocenters. The number of rotatable bonds is 13. The maximum atomic E-state index is 15.5. The molecule has 7 nitrogen and oxygen atoms in total. The molecule has 3 aromatic carbocycles. The first-order valence-electron chi connectivity index (χ1n) is 12.9. The highest BCUT2D eigenvalue weighted by molar-refractivity contribution is 9.10. The predicted octanol–water partition coefficient (Wildman–Crippen LogP) is 10.2. The molecule has 1 heterocycles. The van der Waals surface area contributed by atoms with E-state index in [-0.39, 0.29) is 29.8 Å². The highest BCUT2D eigenvalue weighted by atomic mass is 79.9. The van der Waals surface area contributed by atoms with Gasteiger partial charge >= 0.3 is 19.2 Å². The van der Waals surface area contributed by atoms with Crippen LogP contribution in [0.15, 0.2) is 70.5 Å². The number of carboxylic acids is 1. The Hall–Kier alpha value is -2.37. The monoisotopic (exact) mass is 732 g/mol. The van der Waals surface area contributed by atoms with E-state index in [9.17, 15) is 9.36 Å². The van der Waals surface area contributed by atoms with E-state index in [2.05, 4.69) is 15.9 Å². The summed E-state index contributed by atoms with van der Waals surface area (Å²) in [7, 11) is -4.79. The Balaban J connectivity index is 1.66. The number of hydrogen-bond acceptors (Lipinski definition) is 7. The third-order valence-electron chi connectivity index (χ3n) is 6.21. The van der Waals surface area contributed by atoms with Gasteiger partial charge in [-0.1, -0.05) is 63.4 Å². The van der Waals surface area contributed by atoms with Crippen LogP contribution in [-0.4, -0.2) is 29.3 Å². The van der Waals surface area contributed by atoms with Crippen LogP contribution in [0.5, 0.6) is 0 Å². The van der Waals surface area contributed by atoms with Gasteiger partial charge in [0, 0.05) is 27.5 Å². The molecule has 0 bridgehead atoms. The number of nitrogens with zero attached hydrogens (tertiary/aromatic N) is 2. The van der Waals surface area contributed by atoms with E-state index < -0.39 is 24.8 Å². The molecule has 43 heavy (non-hydrogen) atoms. The van der Waals surface area contributed by atoms with Crippen molar-refractivity contribution in [3.8, 4) is 0 Å². The van der Waals surface area contributed by atoms with E-state index in [1.807, 2.05) is 10.3 Å². The van der Waals surface area contributed by atoms with Crippen LogP contribution in [0.1, 0.15) is 46.6 Å². The summed E-state index contributed by atoms with van der Waals surface area (Å²) in [6, 6.07) is 15.9. The fraction of sp³-hybridized carbons (Fsp3) is 0.241. The fourth-order valence-corrected chi connectivity index (χ4v) is 7.70. The molecule has 0 saturated heterocycles. The van der Waals surface area contributed by atoms with Crippen molar-refractivity contribution in [3.05, 3.63) is 109 Å². The lowest BCUT2D eigenvalue weighted by Crippen LogP contribution is -2.20. The number of anilines is 2. The molecule has 4 rings (SSSR count). The van der Waals surface area contributed by atoms with Crippen LogP contribution in [0.3, 0.4) is 0 Å². The zero-order valence-corrected chi connectivity index (χ0v) is 27.7. The van der Waals surface area contributed by atoms with E-state index in [1.54, 1.807) is 42.5 Å². The second kappa shape index (κ2) is 14.2. The smallest absolute Gasteiger partial charge is 0.404 e. The lowest BCUT2D eigenvalue weighted by Gasteiger charge is -2.27. The Labute approximate surface area is 270 Å². The van der Waals surface area contributed by atoms with Crippen molar-refractivity contribution in [2.45, 2.75) is 32.5 Å². The average molecular weight is 734 g/mol. The molecule has 0 aliphatic rings. The molecule has 14 heteroatoms. The van der Waals surface area contributed by atoms with Crippen molar-refractivity contribution in [2.75, 3.05) is 18.1 Å². The quantitative estimate of drug-likeness (QED) is 0.137. The van der Waals surface area contributed by atoms with Crippen LogP contribution in [0.2, 0.25) is 10.0 Å². The van der Waals surface area contributed by atoms with Crippen molar-refractivity contribution in [2.24, 2.45) is 0 Å². The van der Waals surface area contributed by atoms with Crippen LogP contribution < -0.4 is 4.90 Å². The van der Waals surface area contributed by atoms with Gasteiger partial charge in [-0.05, 0) is 61.4 Å². The molecule has 0 aliphatic carbocycles. The maximum Gasteiger partial charge on any atom is 0.404 e. The number of aromatic carboxylic acids is 1. The Bertz CT molecular complexity index is 1650. The molecular formula is C29H26BrCl2F2N2O5PS. The van der Waals surface area contributed by atoms with E-state index in [0.29, 0.717) is 32.8 Å². The fourth-order valence-electron chi connectivity index (χ4n) is 4.17. The Morgan fingerprint density at radius 1 is 1.02 bits per heavy atom. The summed E-state index contributed by atoms with van der Waals surface area (Å²) in [5, 5.41) is 12.4. The minimum absolute atomic E-state index is 0.0355. The molecule has 4 aromatic rings. The van der Waals surface area contributed by atoms with Gasteiger partial charge in [0.05, 0.1) is 41.1 Å². The van der Waals surface area contributed by atoms with Crippen molar-refractivity contribution in [1.29, 1.82) is 0 Å². The molecule has 228 valence electrons. The second-order valence-corrected chi connectivity index (χ2v) is 13.8. The number of halogens is 5. The maximum absolute atomic E-state index is 15.5. The first kappa shape index (κ1) is 33.5. The Kier molecular flexibility index (Phi) is 11.0. The van der Waals surface area contributed by atoms with Crippen LogP contribution in [0.4, 0.5) is 19.6 Å². The number of carboxylic acid groups (broad SMARTS) is 1. The number of hydrogen-bond donors (Lipinski definition) is 1. The van der Waals surface area contributed by atoms with Gasteiger partial charge in [0.25, 0.3) is 0 Å². The third kappa shape index (κ3) is 7.65. The van der Waals surface area contributed by atoms with Crippen LogP contribution in [0, 0.1) is 0 Å². The molecule has 1 N–H and O–H groups in total. The lowest BCUT2D eigenvalue weighted by molar-refractivity contribution is 0.0354. The van der Waals surface area contributed by atoms with Gasteiger partial charge in [0.2, 0.25) is 0 Å². The zero-order valence-electron chi connectivity index (χ0n) is 22.9. The normalized spacial score (nSPS) is 12.0. The van der Waals surface area contributed by atoms with E-state index in [0.717, 1.165) is 11.3 Å².